The van der Waals surface area contributed by atoms with Gasteiger partial charge in [-0.2, -0.15) is 0 Å². The number of nitrogens with zero attached hydrogens (tertiary/aromatic N) is 2. The molecule has 0 aliphatic heterocycles. The predicted molar refractivity (Wildman–Crippen MR) is 51.6 cm³/mol. The van der Waals surface area contributed by atoms with Gasteiger partial charge in [0.15, 0.2) is 4.60 Å². The van der Waals surface area contributed by atoms with E-state index in [1.54, 1.807) is 0 Å². The number of halogens is 2. The Balaban J connectivity index is 3.42. The zero-order valence-electron chi connectivity index (χ0n) is 6.35. The van der Waals surface area contributed by atoms with Gasteiger partial charge in [-0.1, -0.05) is 0 Å². The van der Waals surface area contributed by atoms with E-state index in [1.807, 2.05) is 0 Å². The van der Waals surface area contributed by atoms with Gasteiger partial charge < -0.3 is 0 Å². The Bertz CT molecular complexity index is 489. The second-order valence-corrected chi connectivity index (χ2v) is 5.49. The van der Waals surface area contributed by atoms with Gasteiger partial charge in [-0.15, -0.1) is 0 Å². The van der Waals surface area contributed by atoms with Crippen molar-refractivity contribution in [3.8, 4) is 0 Å². The van der Waals surface area contributed by atoms with E-state index in [4.69, 9.17) is 10.7 Å². The molecule has 0 aliphatic rings. The highest BCUT2D eigenvalue weighted by Gasteiger charge is 2.19. The van der Waals surface area contributed by atoms with Crippen molar-refractivity contribution in [1.29, 1.82) is 0 Å². The van der Waals surface area contributed by atoms with Crippen LogP contribution >= 0.6 is 26.6 Å². The summed E-state index contributed by atoms with van der Waals surface area (Å²) in [7, 11) is 0.991. The molecule has 1 aromatic heterocycles. The molecule has 1 rings (SSSR count). The van der Waals surface area contributed by atoms with E-state index in [-0.39, 0.29) is 4.60 Å². The summed E-state index contributed by atoms with van der Waals surface area (Å²) in [6.07, 6.45) is 0.930. The Morgan fingerprint density at radius 1 is 1.57 bits per heavy atom. The van der Waals surface area contributed by atoms with Gasteiger partial charge >= 0.3 is 5.69 Å². The molecule has 0 unspecified atom stereocenters. The van der Waals surface area contributed by atoms with Crippen molar-refractivity contribution >= 4 is 41.4 Å². The molecule has 0 aliphatic carbocycles. The van der Waals surface area contributed by atoms with Gasteiger partial charge in [0.05, 0.1) is 4.92 Å². The van der Waals surface area contributed by atoms with E-state index in [0.717, 1.165) is 12.3 Å². The maximum atomic E-state index is 10.8. The van der Waals surface area contributed by atoms with Crippen LogP contribution < -0.4 is 0 Å². The van der Waals surface area contributed by atoms with E-state index >= 15 is 0 Å². The number of hydrogen-bond acceptors (Lipinski definition) is 5. The number of aromatic nitrogens is 1. The molecular weight excluding hydrogens is 299 g/mol. The Morgan fingerprint density at radius 2 is 2.14 bits per heavy atom. The normalized spacial score (nSPS) is 11.3. The molecule has 76 valence electrons. The summed E-state index contributed by atoms with van der Waals surface area (Å²) in [6, 6.07) is 0.833. The minimum atomic E-state index is -3.99. The van der Waals surface area contributed by atoms with Crippen LogP contribution in [0.15, 0.2) is 21.8 Å². The van der Waals surface area contributed by atoms with Crippen LogP contribution in [-0.4, -0.2) is 18.3 Å². The van der Waals surface area contributed by atoms with Crippen molar-refractivity contribution in [3.63, 3.8) is 0 Å². The average molecular weight is 302 g/mol. The highest BCUT2D eigenvalue weighted by atomic mass is 79.9. The number of nitro groups is 1. The molecule has 0 aromatic carbocycles. The molecule has 9 heteroatoms. The molecule has 1 aromatic rings. The molecule has 0 spiro atoms. The van der Waals surface area contributed by atoms with Crippen LogP contribution in [0.4, 0.5) is 5.69 Å². The molecule has 0 bridgehead atoms. The second kappa shape index (κ2) is 3.79. The predicted octanol–water partition coefficient (Wildman–Crippen LogP) is 1.68. The lowest BCUT2D eigenvalue weighted by molar-refractivity contribution is -0.386. The molecule has 0 radical (unpaired) electrons. The van der Waals surface area contributed by atoms with E-state index in [2.05, 4.69) is 20.9 Å². The second-order valence-electron chi connectivity index (χ2n) is 2.18. The van der Waals surface area contributed by atoms with Gasteiger partial charge in [0, 0.05) is 22.9 Å². The van der Waals surface area contributed by atoms with Crippen LogP contribution in [0.5, 0.6) is 0 Å². The van der Waals surface area contributed by atoms with Crippen molar-refractivity contribution in [2.45, 2.75) is 4.90 Å². The summed E-state index contributed by atoms with van der Waals surface area (Å²) in [5.74, 6) is 0. The first-order chi connectivity index (χ1) is 6.32. The Kier molecular flexibility index (Phi) is 3.07. The third-order valence-corrected chi connectivity index (χ3v) is 3.21. The molecule has 0 N–H and O–H groups in total. The highest BCUT2D eigenvalue weighted by molar-refractivity contribution is 9.10. The largest absolute Gasteiger partial charge is 0.303 e. The topological polar surface area (TPSA) is 90.2 Å². The van der Waals surface area contributed by atoms with Crippen LogP contribution in [0.1, 0.15) is 0 Å². The van der Waals surface area contributed by atoms with Gasteiger partial charge in [-0.05, 0) is 15.9 Å². The Hall–Kier alpha value is -0.730. The van der Waals surface area contributed by atoms with Crippen LogP contribution in [0.25, 0.3) is 0 Å². The summed E-state index contributed by atoms with van der Waals surface area (Å²) in [6.45, 7) is 0. The van der Waals surface area contributed by atoms with Crippen molar-refractivity contribution in [1.82, 2.24) is 4.98 Å². The van der Waals surface area contributed by atoms with E-state index in [1.165, 1.54) is 0 Å². The Labute approximate surface area is 91.6 Å². The first kappa shape index (κ1) is 11.3. The third kappa shape index (κ3) is 2.40. The quantitative estimate of drug-likeness (QED) is 0.359. The summed E-state index contributed by atoms with van der Waals surface area (Å²) >= 11 is 2.81. The number of hydrogen-bond donors (Lipinski definition) is 0. The van der Waals surface area contributed by atoms with Gasteiger partial charge in [-0.3, -0.25) is 10.1 Å². The lowest BCUT2D eigenvalue weighted by atomic mass is 10.4. The van der Waals surface area contributed by atoms with E-state index in [0.29, 0.717) is 0 Å². The SMILES string of the molecule is O=[N+]([O-])c1cc(S(=O)(=O)Cl)cnc1Br. The molecule has 0 amide bonds. The Morgan fingerprint density at radius 3 is 2.57 bits per heavy atom. The van der Waals surface area contributed by atoms with Gasteiger partial charge in [0.1, 0.15) is 4.90 Å². The van der Waals surface area contributed by atoms with Gasteiger partial charge in [-0.25, -0.2) is 13.4 Å². The third-order valence-electron chi connectivity index (χ3n) is 1.27. The lowest BCUT2D eigenvalue weighted by Gasteiger charge is -1.97. The highest BCUT2D eigenvalue weighted by Crippen LogP contribution is 2.26. The van der Waals surface area contributed by atoms with Crippen molar-refractivity contribution in [2.24, 2.45) is 0 Å². The number of pyridine rings is 1. The molecule has 0 fully saturated rings. The number of rotatable bonds is 2. The molecule has 6 nitrogen and oxygen atoms in total. The maximum Gasteiger partial charge on any atom is 0.303 e. The molecule has 0 atom stereocenters. The molecular formula is C5H2BrClN2O4S. The fraction of sp³-hybridized carbons (Fsp3) is 0. The fourth-order valence-corrected chi connectivity index (χ4v) is 1.73. The van der Waals surface area contributed by atoms with E-state index in [9.17, 15) is 18.5 Å². The fourth-order valence-electron chi connectivity index (χ4n) is 0.679. The summed E-state index contributed by atoms with van der Waals surface area (Å²) in [5.41, 5.74) is -0.452. The van der Waals surface area contributed by atoms with Crippen LogP contribution in [0.3, 0.4) is 0 Å². The lowest BCUT2D eigenvalue weighted by Crippen LogP contribution is -1.97. The summed E-state index contributed by atoms with van der Waals surface area (Å²) < 4.78 is 21.6. The minimum Gasteiger partial charge on any atom is -0.258 e. The summed E-state index contributed by atoms with van der Waals surface area (Å²) in [4.78, 5) is 12.7. The average Bonchev–Trinajstić information content (AvgIpc) is 2.02. The zero-order chi connectivity index (χ0) is 10.9. The van der Waals surface area contributed by atoms with Crippen molar-refractivity contribution in [3.05, 3.63) is 27.0 Å². The smallest absolute Gasteiger partial charge is 0.258 e. The van der Waals surface area contributed by atoms with Crippen molar-refractivity contribution in [2.75, 3.05) is 0 Å². The van der Waals surface area contributed by atoms with Crippen LogP contribution in [0, 0.1) is 10.1 Å². The summed E-state index contributed by atoms with van der Waals surface area (Å²) in [5, 5.41) is 10.4. The minimum absolute atomic E-state index is 0.0495. The zero-order valence-corrected chi connectivity index (χ0v) is 9.50. The molecule has 0 saturated carbocycles. The van der Waals surface area contributed by atoms with Crippen LogP contribution in [0.2, 0.25) is 0 Å². The van der Waals surface area contributed by atoms with Crippen LogP contribution in [-0.2, 0) is 9.05 Å². The van der Waals surface area contributed by atoms with E-state index < -0.39 is 24.6 Å². The molecule has 0 saturated heterocycles. The monoisotopic (exact) mass is 300 g/mol. The molecule has 14 heavy (non-hydrogen) atoms. The molecule has 1 heterocycles. The first-order valence-corrected chi connectivity index (χ1v) is 6.17. The maximum absolute atomic E-state index is 10.8. The standard InChI is InChI=1S/C5H2BrClN2O4S/c6-5-4(9(10)11)1-3(2-8-5)14(7,12)13/h1-2H. The van der Waals surface area contributed by atoms with Gasteiger partial charge in [0.2, 0.25) is 0 Å². The van der Waals surface area contributed by atoms with Gasteiger partial charge in [0.25, 0.3) is 9.05 Å². The first-order valence-electron chi connectivity index (χ1n) is 3.07. The van der Waals surface area contributed by atoms with Crippen molar-refractivity contribution < 1.29 is 13.3 Å².